The molecular formula is C20H31IN4O3. The number of hydrogen-bond donors (Lipinski definition) is 2. The average Bonchev–Trinajstić information content (AvgIpc) is 3.30. The van der Waals surface area contributed by atoms with Crippen LogP contribution in [-0.2, 0) is 11.2 Å². The topological polar surface area (TPSA) is 75.2 Å². The molecule has 2 N–H and O–H groups in total. The van der Waals surface area contributed by atoms with Gasteiger partial charge in [-0.25, -0.2) is 0 Å². The lowest BCUT2D eigenvalue weighted by atomic mass is 10.1. The van der Waals surface area contributed by atoms with Gasteiger partial charge in [0.1, 0.15) is 0 Å². The molecule has 0 spiro atoms. The predicted molar refractivity (Wildman–Crippen MR) is 121 cm³/mol. The summed E-state index contributed by atoms with van der Waals surface area (Å²) in [6, 6.07) is 6.26. The molecule has 1 amide bonds. The van der Waals surface area contributed by atoms with Crippen LogP contribution in [0.3, 0.4) is 0 Å². The Kier molecular flexibility index (Phi) is 8.65. The molecule has 0 saturated carbocycles. The van der Waals surface area contributed by atoms with E-state index in [1.165, 1.54) is 5.56 Å². The van der Waals surface area contributed by atoms with Crippen molar-refractivity contribution >= 4 is 35.8 Å². The van der Waals surface area contributed by atoms with Gasteiger partial charge in [-0.05, 0) is 37.5 Å². The lowest BCUT2D eigenvalue weighted by molar-refractivity contribution is -0.133. The quantitative estimate of drug-likeness (QED) is 0.355. The normalized spacial score (nSPS) is 18.2. The Balaban J connectivity index is 0.00000280. The van der Waals surface area contributed by atoms with Crippen molar-refractivity contribution in [2.24, 2.45) is 10.9 Å². The molecule has 1 unspecified atom stereocenters. The first-order chi connectivity index (χ1) is 13.1. The van der Waals surface area contributed by atoms with Gasteiger partial charge in [-0.3, -0.25) is 9.79 Å². The van der Waals surface area contributed by atoms with Crippen molar-refractivity contribution < 1.29 is 14.3 Å². The molecule has 0 radical (unpaired) electrons. The number of ether oxygens (including phenoxy) is 2. The zero-order valence-electron chi connectivity index (χ0n) is 16.9. The number of hydrogen-bond acceptors (Lipinski definition) is 4. The standard InChI is InChI=1S/C20H30N4O3.HI/c1-4-21-20(23-16-8-10-24(12-16)19(25)14(2)3)22-9-7-15-5-6-17-18(11-15)27-13-26-17;/h5-6,11,14,16H,4,7-10,12-13H2,1-3H3,(H2,21,22,23);1H. The van der Waals surface area contributed by atoms with E-state index in [0.29, 0.717) is 13.3 Å². The smallest absolute Gasteiger partial charge is 0.231 e. The summed E-state index contributed by atoms with van der Waals surface area (Å²) >= 11 is 0. The molecule has 8 heteroatoms. The summed E-state index contributed by atoms with van der Waals surface area (Å²) in [4.78, 5) is 18.8. The van der Waals surface area contributed by atoms with Crippen molar-refractivity contribution in [3.8, 4) is 11.5 Å². The molecule has 156 valence electrons. The number of amides is 1. The summed E-state index contributed by atoms with van der Waals surface area (Å²) < 4.78 is 10.8. The monoisotopic (exact) mass is 502 g/mol. The first-order valence-electron chi connectivity index (χ1n) is 9.79. The van der Waals surface area contributed by atoms with E-state index < -0.39 is 0 Å². The van der Waals surface area contributed by atoms with Crippen LogP contribution < -0.4 is 20.1 Å². The maximum Gasteiger partial charge on any atom is 0.231 e. The second-order valence-corrected chi connectivity index (χ2v) is 7.27. The molecule has 2 aliphatic heterocycles. The largest absolute Gasteiger partial charge is 0.454 e. The van der Waals surface area contributed by atoms with E-state index in [9.17, 15) is 4.79 Å². The van der Waals surface area contributed by atoms with E-state index >= 15 is 0 Å². The van der Waals surface area contributed by atoms with Gasteiger partial charge < -0.3 is 25.0 Å². The SMILES string of the molecule is CCNC(=NCCc1ccc2c(c1)OCO2)NC1CCN(C(=O)C(C)C)C1.I. The highest BCUT2D eigenvalue weighted by Crippen LogP contribution is 2.32. The summed E-state index contributed by atoms with van der Waals surface area (Å²) in [5.74, 6) is 2.69. The molecule has 1 atom stereocenters. The molecule has 7 nitrogen and oxygen atoms in total. The number of rotatable bonds is 6. The van der Waals surface area contributed by atoms with E-state index in [2.05, 4.69) is 28.6 Å². The number of fused-ring (bicyclic) bond motifs is 1. The van der Waals surface area contributed by atoms with Gasteiger partial charge in [0.2, 0.25) is 12.7 Å². The van der Waals surface area contributed by atoms with Crippen LogP contribution in [-0.4, -0.2) is 55.8 Å². The maximum absolute atomic E-state index is 12.1. The summed E-state index contributed by atoms with van der Waals surface area (Å²) in [5, 5.41) is 6.76. The van der Waals surface area contributed by atoms with Gasteiger partial charge >= 0.3 is 0 Å². The van der Waals surface area contributed by atoms with Gasteiger partial charge in [-0.2, -0.15) is 0 Å². The second-order valence-electron chi connectivity index (χ2n) is 7.27. The highest BCUT2D eigenvalue weighted by Gasteiger charge is 2.27. The van der Waals surface area contributed by atoms with E-state index in [-0.39, 0.29) is 41.8 Å². The third-order valence-electron chi connectivity index (χ3n) is 4.79. The van der Waals surface area contributed by atoms with Gasteiger partial charge in [-0.15, -0.1) is 24.0 Å². The molecule has 2 aliphatic rings. The van der Waals surface area contributed by atoms with E-state index in [1.54, 1.807) is 0 Å². The number of nitrogens with zero attached hydrogens (tertiary/aromatic N) is 2. The number of benzene rings is 1. The Morgan fingerprint density at radius 1 is 1.32 bits per heavy atom. The minimum atomic E-state index is 0. The number of guanidine groups is 1. The Bertz CT molecular complexity index is 696. The summed E-state index contributed by atoms with van der Waals surface area (Å²) in [5.41, 5.74) is 1.17. The van der Waals surface area contributed by atoms with Crippen molar-refractivity contribution in [3.05, 3.63) is 23.8 Å². The summed E-state index contributed by atoms with van der Waals surface area (Å²) in [6.07, 6.45) is 1.78. The van der Waals surface area contributed by atoms with Crippen molar-refractivity contribution in [3.63, 3.8) is 0 Å². The number of carbonyl (C=O) groups is 1. The van der Waals surface area contributed by atoms with Gasteiger partial charge in [0.15, 0.2) is 17.5 Å². The Hall–Kier alpha value is -1.71. The molecule has 1 aromatic rings. The van der Waals surface area contributed by atoms with Crippen molar-refractivity contribution in [2.45, 2.75) is 39.7 Å². The molecule has 1 fully saturated rings. The molecule has 1 saturated heterocycles. The number of likely N-dealkylation sites (tertiary alicyclic amines) is 1. The molecule has 1 aromatic carbocycles. The first-order valence-corrected chi connectivity index (χ1v) is 9.79. The lowest BCUT2D eigenvalue weighted by Crippen LogP contribution is -2.45. The van der Waals surface area contributed by atoms with Crippen molar-refractivity contribution in [1.82, 2.24) is 15.5 Å². The second kappa shape index (κ2) is 10.7. The lowest BCUT2D eigenvalue weighted by Gasteiger charge is -2.20. The maximum atomic E-state index is 12.1. The first kappa shape index (κ1) is 22.6. The summed E-state index contributed by atoms with van der Waals surface area (Å²) in [6.45, 7) is 9.28. The Labute approximate surface area is 184 Å². The van der Waals surface area contributed by atoms with Crippen LogP contribution in [0.5, 0.6) is 11.5 Å². The number of carbonyl (C=O) groups excluding carboxylic acids is 1. The molecule has 0 aliphatic carbocycles. The molecule has 28 heavy (non-hydrogen) atoms. The van der Waals surface area contributed by atoms with Crippen LogP contribution in [0.2, 0.25) is 0 Å². The van der Waals surface area contributed by atoms with Crippen LogP contribution in [0.4, 0.5) is 0 Å². The van der Waals surface area contributed by atoms with Gasteiger partial charge in [0.25, 0.3) is 0 Å². The van der Waals surface area contributed by atoms with E-state index in [1.807, 2.05) is 30.9 Å². The summed E-state index contributed by atoms with van der Waals surface area (Å²) in [7, 11) is 0. The molecule has 3 rings (SSSR count). The molecule has 0 bridgehead atoms. The Morgan fingerprint density at radius 2 is 2.11 bits per heavy atom. The number of aliphatic imine (C=N–C) groups is 1. The van der Waals surface area contributed by atoms with E-state index in [4.69, 9.17) is 9.47 Å². The molecule has 2 heterocycles. The Morgan fingerprint density at radius 3 is 2.86 bits per heavy atom. The highest BCUT2D eigenvalue weighted by molar-refractivity contribution is 14.0. The molecular weight excluding hydrogens is 471 g/mol. The van der Waals surface area contributed by atoms with Gasteiger partial charge in [-0.1, -0.05) is 19.9 Å². The van der Waals surface area contributed by atoms with Crippen molar-refractivity contribution in [1.29, 1.82) is 0 Å². The minimum absolute atomic E-state index is 0. The van der Waals surface area contributed by atoms with E-state index in [0.717, 1.165) is 49.9 Å². The number of nitrogens with one attached hydrogen (secondary N) is 2. The zero-order chi connectivity index (χ0) is 19.2. The third-order valence-corrected chi connectivity index (χ3v) is 4.79. The van der Waals surface area contributed by atoms with Gasteiger partial charge in [0.05, 0.1) is 0 Å². The van der Waals surface area contributed by atoms with Crippen LogP contribution >= 0.6 is 24.0 Å². The molecule has 0 aromatic heterocycles. The average molecular weight is 502 g/mol. The fraction of sp³-hybridized carbons (Fsp3) is 0.600. The van der Waals surface area contributed by atoms with Crippen LogP contribution in [0.1, 0.15) is 32.8 Å². The fourth-order valence-electron chi connectivity index (χ4n) is 3.35. The minimum Gasteiger partial charge on any atom is -0.454 e. The van der Waals surface area contributed by atoms with Crippen LogP contribution in [0, 0.1) is 5.92 Å². The van der Waals surface area contributed by atoms with Crippen molar-refractivity contribution in [2.75, 3.05) is 33.0 Å². The van der Waals surface area contributed by atoms with Crippen LogP contribution in [0.15, 0.2) is 23.2 Å². The predicted octanol–water partition coefficient (Wildman–Crippen LogP) is 2.39. The zero-order valence-corrected chi connectivity index (χ0v) is 19.2. The van der Waals surface area contributed by atoms with Gasteiger partial charge in [0, 0.05) is 38.1 Å². The van der Waals surface area contributed by atoms with Crippen LogP contribution in [0.25, 0.3) is 0 Å². The highest BCUT2D eigenvalue weighted by atomic mass is 127. The third kappa shape index (κ3) is 5.89. The fourth-order valence-corrected chi connectivity index (χ4v) is 3.35. The number of halogens is 1.